The second kappa shape index (κ2) is 5.23. The third-order valence-corrected chi connectivity index (χ3v) is 3.66. The maximum Gasteiger partial charge on any atom is 0.146 e. The number of aliphatic hydroxyl groups excluding tert-OH is 1. The number of benzene rings is 2. The summed E-state index contributed by atoms with van der Waals surface area (Å²) in [6, 6.07) is 14.2. The van der Waals surface area contributed by atoms with E-state index >= 15 is 0 Å². The van der Waals surface area contributed by atoms with Crippen LogP contribution in [-0.2, 0) is 16.9 Å². The van der Waals surface area contributed by atoms with Crippen molar-refractivity contribution < 1.29 is 14.2 Å². The molecule has 2 aromatic rings. The van der Waals surface area contributed by atoms with E-state index in [9.17, 15) is 9.50 Å². The van der Waals surface area contributed by atoms with Crippen LogP contribution >= 0.6 is 0 Å². The van der Waals surface area contributed by atoms with Crippen LogP contribution in [0.1, 0.15) is 11.1 Å². The van der Waals surface area contributed by atoms with Gasteiger partial charge in [-0.2, -0.15) is 0 Å². The molecule has 3 rings (SSSR count). The highest BCUT2D eigenvalue weighted by atomic mass is 19.1. The predicted molar refractivity (Wildman–Crippen MR) is 74.9 cm³/mol. The van der Waals surface area contributed by atoms with Gasteiger partial charge in [0, 0.05) is 0 Å². The molecule has 0 saturated carbocycles. The molecule has 0 saturated heterocycles. The lowest BCUT2D eigenvalue weighted by Crippen LogP contribution is -2.46. The number of hydrogen-bond acceptors (Lipinski definition) is 3. The van der Waals surface area contributed by atoms with Crippen LogP contribution in [0.25, 0.3) is 0 Å². The van der Waals surface area contributed by atoms with E-state index < -0.39 is 5.54 Å². The molecule has 1 unspecified atom stereocenters. The number of para-hydroxylation sites is 1. The van der Waals surface area contributed by atoms with E-state index in [1.807, 2.05) is 24.3 Å². The van der Waals surface area contributed by atoms with Crippen LogP contribution in [0, 0.1) is 5.82 Å². The molecule has 1 aliphatic rings. The molecule has 0 bridgehead atoms. The summed E-state index contributed by atoms with van der Waals surface area (Å²) in [4.78, 5) is 0. The number of halogens is 1. The van der Waals surface area contributed by atoms with E-state index in [0.29, 0.717) is 18.9 Å². The predicted octanol–water partition coefficient (Wildman–Crippen LogP) is 2.66. The van der Waals surface area contributed by atoms with Crippen molar-refractivity contribution >= 4 is 5.69 Å². The number of hydrogen-bond donors (Lipinski definition) is 2. The van der Waals surface area contributed by atoms with Gasteiger partial charge < -0.3 is 15.2 Å². The Morgan fingerprint density at radius 3 is 2.70 bits per heavy atom. The van der Waals surface area contributed by atoms with Gasteiger partial charge in [0.05, 0.1) is 25.5 Å². The molecule has 3 nitrogen and oxygen atoms in total. The van der Waals surface area contributed by atoms with Gasteiger partial charge >= 0.3 is 0 Å². The minimum atomic E-state index is -0.808. The molecule has 0 amide bonds. The van der Waals surface area contributed by atoms with Crippen molar-refractivity contribution in [3.63, 3.8) is 0 Å². The summed E-state index contributed by atoms with van der Waals surface area (Å²) in [5.41, 5.74) is 1.52. The highest BCUT2D eigenvalue weighted by molar-refractivity contribution is 5.51. The summed E-state index contributed by atoms with van der Waals surface area (Å²) in [7, 11) is 0. The van der Waals surface area contributed by atoms with Crippen molar-refractivity contribution in [3.05, 3.63) is 65.5 Å². The molecule has 1 atom stereocenters. The Hall–Kier alpha value is -1.91. The van der Waals surface area contributed by atoms with E-state index in [-0.39, 0.29) is 12.4 Å². The van der Waals surface area contributed by atoms with Gasteiger partial charge in [0.25, 0.3) is 0 Å². The third kappa shape index (κ3) is 2.17. The molecule has 4 heteroatoms. The highest BCUT2D eigenvalue weighted by Crippen LogP contribution is 2.34. The molecule has 0 radical (unpaired) electrons. The maximum absolute atomic E-state index is 13.8. The van der Waals surface area contributed by atoms with Crippen LogP contribution in [0.5, 0.6) is 0 Å². The molecule has 1 aliphatic heterocycles. The monoisotopic (exact) mass is 273 g/mol. The standard InChI is InChI=1S/C16H16FNO2/c17-14-7-3-4-8-15(14)18-16(10-19)11-20-9-12-5-1-2-6-13(12)16/h1-8,18-19H,9-11H2. The largest absolute Gasteiger partial charge is 0.393 e. The van der Waals surface area contributed by atoms with Crippen molar-refractivity contribution in [2.45, 2.75) is 12.1 Å². The number of ether oxygens (including phenoxy) is 1. The first-order valence-electron chi connectivity index (χ1n) is 6.55. The van der Waals surface area contributed by atoms with E-state index in [0.717, 1.165) is 11.1 Å². The van der Waals surface area contributed by atoms with Gasteiger partial charge in [-0.3, -0.25) is 0 Å². The molecule has 0 aromatic heterocycles. The van der Waals surface area contributed by atoms with E-state index in [1.165, 1.54) is 6.07 Å². The smallest absolute Gasteiger partial charge is 0.146 e. The second-order valence-electron chi connectivity index (χ2n) is 5.00. The molecule has 0 spiro atoms. The first-order chi connectivity index (χ1) is 9.75. The Labute approximate surface area is 117 Å². The zero-order valence-corrected chi connectivity index (χ0v) is 11.0. The lowest BCUT2D eigenvalue weighted by molar-refractivity contribution is 0.0356. The van der Waals surface area contributed by atoms with Gasteiger partial charge in [0.15, 0.2) is 0 Å². The first-order valence-corrected chi connectivity index (χ1v) is 6.55. The summed E-state index contributed by atoms with van der Waals surface area (Å²) in [5, 5.41) is 13.0. The van der Waals surface area contributed by atoms with Crippen molar-refractivity contribution in [3.8, 4) is 0 Å². The Kier molecular flexibility index (Phi) is 3.42. The average Bonchev–Trinajstić information content (AvgIpc) is 2.50. The summed E-state index contributed by atoms with van der Waals surface area (Å²) in [5.74, 6) is -0.344. The average molecular weight is 273 g/mol. The van der Waals surface area contributed by atoms with Crippen LogP contribution in [0.4, 0.5) is 10.1 Å². The third-order valence-electron chi connectivity index (χ3n) is 3.66. The Balaban J connectivity index is 2.03. The first kappa shape index (κ1) is 13.1. The van der Waals surface area contributed by atoms with E-state index in [4.69, 9.17) is 4.74 Å². The fraction of sp³-hybridized carbons (Fsp3) is 0.250. The van der Waals surface area contributed by atoms with Crippen molar-refractivity contribution in [2.75, 3.05) is 18.5 Å². The van der Waals surface area contributed by atoms with Gasteiger partial charge in [0.1, 0.15) is 11.4 Å². The molecule has 1 heterocycles. The summed E-state index contributed by atoms with van der Waals surface area (Å²) >= 11 is 0. The Morgan fingerprint density at radius 2 is 1.90 bits per heavy atom. The Bertz CT molecular complexity index is 617. The van der Waals surface area contributed by atoms with Crippen LogP contribution in [-0.4, -0.2) is 18.3 Å². The Morgan fingerprint density at radius 1 is 1.15 bits per heavy atom. The highest BCUT2D eigenvalue weighted by Gasteiger charge is 2.37. The van der Waals surface area contributed by atoms with Gasteiger partial charge in [-0.05, 0) is 23.3 Å². The molecule has 2 N–H and O–H groups in total. The molecule has 2 aromatic carbocycles. The molecule has 20 heavy (non-hydrogen) atoms. The van der Waals surface area contributed by atoms with Gasteiger partial charge in [-0.1, -0.05) is 36.4 Å². The molecule has 0 fully saturated rings. The lowest BCUT2D eigenvalue weighted by Gasteiger charge is -2.39. The lowest BCUT2D eigenvalue weighted by atomic mass is 9.85. The van der Waals surface area contributed by atoms with Gasteiger partial charge in [-0.25, -0.2) is 4.39 Å². The van der Waals surface area contributed by atoms with Crippen LogP contribution in [0.2, 0.25) is 0 Å². The molecule has 0 aliphatic carbocycles. The van der Waals surface area contributed by atoms with Crippen molar-refractivity contribution in [1.29, 1.82) is 0 Å². The number of fused-ring (bicyclic) bond motifs is 1. The summed E-state index contributed by atoms with van der Waals surface area (Å²) in [6.07, 6.45) is 0. The quantitative estimate of drug-likeness (QED) is 0.903. The summed E-state index contributed by atoms with van der Waals surface area (Å²) in [6.45, 7) is 0.643. The second-order valence-corrected chi connectivity index (χ2v) is 5.00. The van der Waals surface area contributed by atoms with Gasteiger partial charge in [-0.15, -0.1) is 0 Å². The van der Waals surface area contributed by atoms with E-state index in [1.54, 1.807) is 18.2 Å². The van der Waals surface area contributed by atoms with Crippen molar-refractivity contribution in [1.82, 2.24) is 0 Å². The number of nitrogens with one attached hydrogen (secondary N) is 1. The fourth-order valence-electron chi connectivity index (χ4n) is 2.62. The number of rotatable bonds is 3. The maximum atomic E-state index is 13.8. The van der Waals surface area contributed by atoms with Gasteiger partial charge in [0.2, 0.25) is 0 Å². The normalized spacial score (nSPS) is 21.3. The van der Waals surface area contributed by atoms with Crippen LogP contribution in [0.15, 0.2) is 48.5 Å². The number of anilines is 1. The topological polar surface area (TPSA) is 41.5 Å². The molecular formula is C16H16FNO2. The minimum Gasteiger partial charge on any atom is -0.393 e. The number of aliphatic hydroxyl groups is 1. The molecular weight excluding hydrogens is 257 g/mol. The summed E-state index contributed by atoms with van der Waals surface area (Å²) < 4.78 is 19.4. The van der Waals surface area contributed by atoms with Crippen LogP contribution in [0.3, 0.4) is 0 Å². The zero-order valence-electron chi connectivity index (χ0n) is 11.0. The van der Waals surface area contributed by atoms with E-state index in [2.05, 4.69) is 5.32 Å². The molecule has 104 valence electrons. The minimum absolute atomic E-state index is 0.168. The zero-order chi connectivity index (χ0) is 14.0. The van der Waals surface area contributed by atoms with Crippen LogP contribution < -0.4 is 5.32 Å². The fourth-order valence-corrected chi connectivity index (χ4v) is 2.62. The van der Waals surface area contributed by atoms with Crippen molar-refractivity contribution in [2.24, 2.45) is 0 Å². The SMILES string of the molecule is OCC1(Nc2ccccc2F)COCc2ccccc21.